The number of nitrogens with zero attached hydrogens (tertiary/aromatic N) is 4. The van der Waals surface area contributed by atoms with Gasteiger partial charge in [0, 0.05) is 17.1 Å². The van der Waals surface area contributed by atoms with Gasteiger partial charge in [-0.25, -0.2) is 4.98 Å². The minimum Gasteiger partial charge on any atom is -0.497 e. The molecule has 3 aromatic carbocycles. The lowest BCUT2D eigenvalue weighted by molar-refractivity contribution is 0.415. The Kier molecular flexibility index (Phi) is 4.95. The minimum absolute atomic E-state index is 0.235. The van der Waals surface area contributed by atoms with Crippen LogP contribution in [-0.4, -0.2) is 28.0 Å². The van der Waals surface area contributed by atoms with Crippen LogP contribution in [0.1, 0.15) is 11.1 Å². The molecule has 0 radical (unpaired) electrons. The molecule has 0 aliphatic rings. The Morgan fingerprint density at radius 1 is 0.938 bits per heavy atom. The molecule has 0 aliphatic heterocycles. The van der Waals surface area contributed by atoms with Crippen molar-refractivity contribution in [3.8, 4) is 17.1 Å². The molecule has 0 amide bonds. The highest BCUT2D eigenvalue weighted by Crippen LogP contribution is 2.24. The van der Waals surface area contributed by atoms with Crippen LogP contribution in [0, 0.1) is 6.92 Å². The van der Waals surface area contributed by atoms with Crippen molar-refractivity contribution in [2.45, 2.75) is 6.92 Å². The van der Waals surface area contributed by atoms with E-state index in [1.807, 2.05) is 73.7 Å². The second-order valence-corrected chi connectivity index (χ2v) is 7.47. The molecule has 0 N–H and O–H groups in total. The van der Waals surface area contributed by atoms with E-state index in [4.69, 9.17) is 9.72 Å². The quantitative estimate of drug-likeness (QED) is 0.309. The Labute approximate surface area is 184 Å². The van der Waals surface area contributed by atoms with E-state index in [0.717, 1.165) is 33.3 Å². The zero-order chi connectivity index (χ0) is 22.1. The van der Waals surface area contributed by atoms with E-state index in [-0.39, 0.29) is 5.56 Å². The number of ether oxygens (including phenoxy) is 1. The van der Waals surface area contributed by atoms with Gasteiger partial charge in [-0.2, -0.15) is 9.78 Å². The van der Waals surface area contributed by atoms with Crippen molar-refractivity contribution in [2.75, 3.05) is 7.11 Å². The fraction of sp³-hybridized carbons (Fsp3) is 0.0769. The zero-order valence-electron chi connectivity index (χ0n) is 17.7. The zero-order valence-corrected chi connectivity index (χ0v) is 17.7. The summed E-state index contributed by atoms with van der Waals surface area (Å²) in [4.78, 5) is 22.8. The van der Waals surface area contributed by atoms with Crippen LogP contribution in [-0.2, 0) is 0 Å². The molecule has 0 fully saturated rings. The molecule has 0 saturated carbocycles. The van der Waals surface area contributed by atoms with Crippen LogP contribution in [0.4, 0.5) is 0 Å². The molecule has 0 unspecified atom stereocenters. The summed E-state index contributed by atoms with van der Waals surface area (Å²) in [5, 5.41) is 5.85. The molecular weight excluding hydrogens is 400 g/mol. The molecule has 156 valence electrons. The molecule has 6 nitrogen and oxygen atoms in total. The van der Waals surface area contributed by atoms with Crippen LogP contribution < -0.4 is 10.3 Å². The van der Waals surface area contributed by atoms with E-state index >= 15 is 0 Å². The topological polar surface area (TPSA) is 69.4 Å². The van der Waals surface area contributed by atoms with E-state index in [2.05, 4.69) is 10.1 Å². The summed E-state index contributed by atoms with van der Waals surface area (Å²) < 4.78 is 6.57. The average Bonchev–Trinajstić information content (AvgIpc) is 2.84. The molecule has 2 aromatic heterocycles. The monoisotopic (exact) mass is 420 g/mol. The number of fused-ring (bicyclic) bond motifs is 3. The highest BCUT2D eigenvalue weighted by molar-refractivity contribution is 6.03. The highest BCUT2D eigenvalue weighted by atomic mass is 16.5. The fourth-order valence-electron chi connectivity index (χ4n) is 3.60. The van der Waals surface area contributed by atoms with Crippen LogP contribution in [0.3, 0.4) is 0 Å². The van der Waals surface area contributed by atoms with Crippen LogP contribution >= 0.6 is 0 Å². The van der Waals surface area contributed by atoms with Crippen molar-refractivity contribution in [2.24, 2.45) is 5.10 Å². The number of aryl methyl sites for hydroxylation is 1. The Bertz CT molecular complexity index is 1520. The summed E-state index contributed by atoms with van der Waals surface area (Å²) in [6.45, 7) is 2.02. The molecule has 0 spiro atoms. The Balaban J connectivity index is 1.75. The lowest BCUT2D eigenvalue weighted by Gasteiger charge is -2.11. The second-order valence-electron chi connectivity index (χ2n) is 7.47. The number of methoxy groups -OCH3 is 1. The molecule has 0 aliphatic carbocycles. The van der Waals surface area contributed by atoms with Crippen molar-refractivity contribution < 1.29 is 4.74 Å². The molecule has 6 heteroatoms. The third-order valence-corrected chi connectivity index (χ3v) is 5.35. The maximum atomic E-state index is 13.5. The molecule has 0 atom stereocenters. The summed E-state index contributed by atoms with van der Waals surface area (Å²) in [7, 11) is 1.62. The first kappa shape index (κ1) is 19.6. The van der Waals surface area contributed by atoms with Crippen molar-refractivity contribution in [1.29, 1.82) is 0 Å². The molecule has 0 saturated heterocycles. The molecule has 2 heterocycles. The van der Waals surface area contributed by atoms with Gasteiger partial charge in [0.05, 0.1) is 29.7 Å². The SMILES string of the molecule is COc1ccc(/C=N/n2c(-c3ccc(C)cc3)nc3c(ccc4ncccc43)c2=O)cc1. The van der Waals surface area contributed by atoms with Gasteiger partial charge in [-0.3, -0.25) is 9.78 Å². The van der Waals surface area contributed by atoms with Crippen LogP contribution in [0.25, 0.3) is 33.2 Å². The van der Waals surface area contributed by atoms with E-state index in [1.165, 1.54) is 4.68 Å². The van der Waals surface area contributed by atoms with Gasteiger partial charge >= 0.3 is 0 Å². The Morgan fingerprint density at radius 3 is 2.47 bits per heavy atom. The molecule has 32 heavy (non-hydrogen) atoms. The van der Waals surface area contributed by atoms with Crippen molar-refractivity contribution in [1.82, 2.24) is 14.6 Å². The van der Waals surface area contributed by atoms with Crippen molar-refractivity contribution in [3.05, 3.63) is 100 Å². The number of hydrogen-bond donors (Lipinski definition) is 0. The van der Waals surface area contributed by atoms with Gasteiger partial charge in [-0.1, -0.05) is 29.8 Å². The van der Waals surface area contributed by atoms with E-state index in [9.17, 15) is 4.79 Å². The first-order valence-corrected chi connectivity index (χ1v) is 10.2. The predicted molar refractivity (Wildman–Crippen MR) is 127 cm³/mol. The largest absolute Gasteiger partial charge is 0.497 e. The summed E-state index contributed by atoms with van der Waals surface area (Å²) in [5.41, 5.74) is 3.95. The molecule has 5 aromatic rings. The lowest BCUT2D eigenvalue weighted by atomic mass is 10.1. The maximum Gasteiger partial charge on any atom is 0.282 e. The predicted octanol–water partition coefficient (Wildman–Crippen LogP) is 4.81. The van der Waals surface area contributed by atoms with Crippen LogP contribution in [0.5, 0.6) is 5.75 Å². The van der Waals surface area contributed by atoms with Crippen molar-refractivity contribution >= 4 is 28.0 Å². The van der Waals surface area contributed by atoms with Crippen molar-refractivity contribution in [3.63, 3.8) is 0 Å². The van der Waals surface area contributed by atoms with Gasteiger partial charge in [0.1, 0.15) is 5.75 Å². The lowest BCUT2D eigenvalue weighted by Crippen LogP contribution is -2.20. The third-order valence-electron chi connectivity index (χ3n) is 5.35. The first-order valence-electron chi connectivity index (χ1n) is 10.2. The Hall–Kier alpha value is -4.32. The van der Waals surface area contributed by atoms with Gasteiger partial charge in [0.2, 0.25) is 0 Å². The first-order chi connectivity index (χ1) is 15.6. The maximum absolute atomic E-state index is 13.5. The number of aromatic nitrogens is 3. The standard InChI is InChI=1S/C26H20N4O2/c1-17-5-9-19(10-6-17)25-29-24-21-4-3-15-27-23(21)14-13-22(24)26(31)30(25)28-16-18-7-11-20(32-2)12-8-18/h3-16H,1-2H3/b28-16+. The summed E-state index contributed by atoms with van der Waals surface area (Å²) in [6, 6.07) is 22.7. The average molecular weight is 420 g/mol. The van der Waals surface area contributed by atoms with Gasteiger partial charge in [-0.15, -0.1) is 0 Å². The van der Waals surface area contributed by atoms with E-state index in [0.29, 0.717) is 16.7 Å². The van der Waals surface area contributed by atoms with Crippen LogP contribution in [0.15, 0.2) is 88.9 Å². The summed E-state index contributed by atoms with van der Waals surface area (Å²) in [5.74, 6) is 1.23. The smallest absolute Gasteiger partial charge is 0.282 e. The normalized spacial score (nSPS) is 11.4. The van der Waals surface area contributed by atoms with Gasteiger partial charge in [0.15, 0.2) is 5.82 Å². The fourth-order valence-corrected chi connectivity index (χ4v) is 3.60. The third kappa shape index (κ3) is 3.52. The minimum atomic E-state index is -0.235. The number of hydrogen-bond acceptors (Lipinski definition) is 5. The molecular formula is C26H20N4O2. The second kappa shape index (κ2) is 8.07. The molecule has 0 bridgehead atoms. The molecule has 5 rings (SSSR count). The van der Waals surface area contributed by atoms with Gasteiger partial charge in [-0.05, 0) is 61.0 Å². The van der Waals surface area contributed by atoms with E-state index < -0.39 is 0 Å². The van der Waals surface area contributed by atoms with Gasteiger partial charge in [0.25, 0.3) is 5.56 Å². The van der Waals surface area contributed by atoms with Crippen LogP contribution in [0.2, 0.25) is 0 Å². The highest BCUT2D eigenvalue weighted by Gasteiger charge is 2.14. The summed E-state index contributed by atoms with van der Waals surface area (Å²) >= 11 is 0. The number of pyridine rings is 1. The number of benzene rings is 3. The van der Waals surface area contributed by atoms with Gasteiger partial charge < -0.3 is 4.74 Å². The Morgan fingerprint density at radius 2 is 1.72 bits per heavy atom. The number of rotatable bonds is 4. The van der Waals surface area contributed by atoms with E-state index in [1.54, 1.807) is 25.6 Å². The summed E-state index contributed by atoms with van der Waals surface area (Å²) in [6.07, 6.45) is 3.38.